The predicted octanol–water partition coefficient (Wildman–Crippen LogP) is 5.93. The van der Waals surface area contributed by atoms with Crippen molar-refractivity contribution >= 4 is 18.7 Å². The minimum absolute atomic E-state index is 0.112. The number of allylic oxidation sites excluding steroid dienone is 1. The van der Waals surface area contributed by atoms with Crippen molar-refractivity contribution in [2.24, 2.45) is 22.7 Å². The summed E-state index contributed by atoms with van der Waals surface area (Å²) >= 11 is 0. The maximum atomic E-state index is 12.5. The van der Waals surface area contributed by atoms with Crippen molar-refractivity contribution in [3.63, 3.8) is 0 Å². The second kappa shape index (κ2) is 9.89. The molecule has 2 aromatic rings. The van der Waals surface area contributed by atoms with Gasteiger partial charge < -0.3 is 9.90 Å². The van der Waals surface area contributed by atoms with Gasteiger partial charge in [0.1, 0.15) is 0 Å². The van der Waals surface area contributed by atoms with E-state index >= 15 is 0 Å². The Balaban J connectivity index is 1.87. The minimum Gasteiger partial charge on any atom is -0.424 e. The summed E-state index contributed by atoms with van der Waals surface area (Å²) in [6.45, 7) is 14.3. The lowest BCUT2D eigenvalue weighted by atomic mass is 9.59. The van der Waals surface area contributed by atoms with Crippen LogP contribution in [0.2, 0.25) is 5.04 Å². The molecule has 2 nitrogen and oxygen atoms in total. The minimum atomic E-state index is -2.96. The Morgan fingerprint density at radius 2 is 1.52 bits per heavy atom. The molecule has 0 aromatic heterocycles. The molecule has 0 unspecified atom stereocenters. The van der Waals surface area contributed by atoms with E-state index in [1.165, 1.54) is 12.8 Å². The Morgan fingerprint density at radius 3 is 2.00 bits per heavy atom. The van der Waals surface area contributed by atoms with E-state index in [9.17, 15) is 9.90 Å². The van der Waals surface area contributed by atoms with Crippen LogP contribution in [0.3, 0.4) is 0 Å². The third kappa shape index (κ3) is 4.65. The molecule has 2 N–H and O–H groups in total. The molecule has 1 fully saturated rings. The molecule has 180 valence electrons. The largest absolute Gasteiger partial charge is 0.424 e. The maximum absolute atomic E-state index is 12.5. The van der Waals surface area contributed by atoms with Crippen LogP contribution in [0.1, 0.15) is 67.2 Å². The lowest BCUT2D eigenvalue weighted by Gasteiger charge is -2.47. The van der Waals surface area contributed by atoms with Crippen molar-refractivity contribution in [1.29, 1.82) is 0 Å². The molecular formula is C30H44O2Si. The highest BCUT2D eigenvalue weighted by atomic mass is 28.4. The van der Waals surface area contributed by atoms with Gasteiger partial charge in [0.25, 0.3) is 8.32 Å². The van der Waals surface area contributed by atoms with Gasteiger partial charge in [-0.2, -0.15) is 0 Å². The lowest BCUT2D eigenvalue weighted by molar-refractivity contribution is 0.0477. The molecule has 0 aliphatic heterocycles. The van der Waals surface area contributed by atoms with Gasteiger partial charge in [0.05, 0.1) is 6.61 Å². The Kier molecular flexibility index (Phi) is 7.78. The average molecular weight is 465 g/mol. The fraction of sp³-hybridized carbons (Fsp3) is 0.533. The van der Waals surface area contributed by atoms with Crippen LogP contribution in [-0.4, -0.2) is 24.8 Å². The first kappa shape index (κ1) is 25.9. The quantitative estimate of drug-likeness (QED) is 0.357. The van der Waals surface area contributed by atoms with E-state index in [2.05, 4.69) is 96.1 Å². The lowest BCUT2D eigenvalue weighted by Crippen LogP contribution is -2.65. The van der Waals surface area contributed by atoms with Gasteiger partial charge in [0, 0.05) is 0 Å². The molecule has 0 bridgehead atoms. The summed E-state index contributed by atoms with van der Waals surface area (Å²) < 4.78 is 0. The molecule has 0 radical (unpaired) electrons. The molecule has 1 aliphatic carbocycles. The zero-order valence-corrected chi connectivity index (χ0v) is 22.5. The average Bonchev–Trinajstić information content (AvgIpc) is 3.05. The SMILES string of the molecule is C[C@@H](/C=C/CO)[C@@]1(C)CC[C@@H](CCC(C)(C)[Si](O)(c2ccccc2)c2ccccc2)C1(C)C. The Hall–Kier alpha value is -1.68. The molecule has 0 spiro atoms. The van der Waals surface area contributed by atoms with E-state index in [-0.39, 0.29) is 22.5 Å². The molecule has 0 saturated heterocycles. The van der Waals surface area contributed by atoms with Crippen molar-refractivity contribution in [2.75, 3.05) is 6.61 Å². The Morgan fingerprint density at radius 1 is 1.00 bits per heavy atom. The predicted molar refractivity (Wildman–Crippen MR) is 143 cm³/mol. The third-order valence-corrected chi connectivity index (χ3v) is 14.1. The van der Waals surface area contributed by atoms with Crippen LogP contribution in [0, 0.1) is 22.7 Å². The Labute approximate surface area is 202 Å². The van der Waals surface area contributed by atoms with E-state index < -0.39 is 8.32 Å². The van der Waals surface area contributed by atoms with Gasteiger partial charge in [-0.25, -0.2) is 0 Å². The molecule has 1 saturated carbocycles. The summed E-state index contributed by atoms with van der Waals surface area (Å²) in [4.78, 5) is 12.5. The zero-order chi connectivity index (χ0) is 24.3. The maximum Gasteiger partial charge on any atom is 0.258 e. The first-order valence-electron chi connectivity index (χ1n) is 12.6. The van der Waals surface area contributed by atoms with Crippen LogP contribution >= 0.6 is 0 Å². The summed E-state index contributed by atoms with van der Waals surface area (Å²) in [7, 11) is -2.96. The molecule has 1 aliphatic rings. The molecule has 2 aromatic carbocycles. The van der Waals surface area contributed by atoms with Crippen LogP contribution in [0.25, 0.3) is 0 Å². The summed E-state index contributed by atoms with van der Waals surface area (Å²) in [5, 5.41) is 11.2. The van der Waals surface area contributed by atoms with Gasteiger partial charge in [-0.1, -0.05) is 114 Å². The van der Waals surface area contributed by atoms with Gasteiger partial charge in [-0.3, -0.25) is 0 Å². The van der Waals surface area contributed by atoms with E-state index in [1.807, 2.05) is 18.2 Å². The van der Waals surface area contributed by atoms with Gasteiger partial charge >= 0.3 is 0 Å². The fourth-order valence-electron chi connectivity index (χ4n) is 6.44. The number of hydrogen-bond acceptors (Lipinski definition) is 2. The number of aliphatic hydroxyl groups is 1. The van der Waals surface area contributed by atoms with E-state index in [0.717, 1.165) is 23.2 Å². The van der Waals surface area contributed by atoms with Crippen molar-refractivity contribution < 1.29 is 9.90 Å². The molecule has 3 rings (SSSR count). The highest BCUT2D eigenvalue weighted by Gasteiger charge is 2.55. The second-order valence-electron chi connectivity index (χ2n) is 11.6. The summed E-state index contributed by atoms with van der Waals surface area (Å²) in [5.74, 6) is 1.05. The van der Waals surface area contributed by atoms with Gasteiger partial charge in [-0.15, -0.1) is 0 Å². The molecule has 33 heavy (non-hydrogen) atoms. The van der Waals surface area contributed by atoms with E-state index in [4.69, 9.17) is 0 Å². The van der Waals surface area contributed by atoms with Crippen LogP contribution in [0.4, 0.5) is 0 Å². The van der Waals surface area contributed by atoms with Gasteiger partial charge in [0.2, 0.25) is 0 Å². The van der Waals surface area contributed by atoms with Crippen LogP contribution in [-0.2, 0) is 0 Å². The number of benzene rings is 2. The number of aliphatic hydroxyl groups excluding tert-OH is 1. The van der Waals surface area contributed by atoms with Crippen molar-refractivity contribution in [2.45, 2.75) is 72.3 Å². The highest BCUT2D eigenvalue weighted by Crippen LogP contribution is 2.61. The fourth-order valence-corrected chi connectivity index (χ4v) is 10.2. The van der Waals surface area contributed by atoms with Crippen molar-refractivity contribution in [1.82, 2.24) is 0 Å². The smallest absolute Gasteiger partial charge is 0.258 e. The van der Waals surface area contributed by atoms with Crippen molar-refractivity contribution in [3.05, 3.63) is 72.8 Å². The van der Waals surface area contributed by atoms with Gasteiger partial charge in [-0.05, 0) is 63.8 Å². The summed E-state index contributed by atoms with van der Waals surface area (Å²) in [6.07, 6.45) is 8.67. The van der Waals surface area contributed by atoms with Crippen LogP contribution in [0.15, 0.2) is 72.8 Å². The van der Waals surface area contributed by atoms with Gasteiger partial charge in [0.15, 0.2) is 0 Å². The highest BCUT2D eigenvalue weighted by molar-refractivity contribution is 6.98. The van der Waals surface area contributed by atoms with Crippen molar-refractivity contribution in [3.8, 4) is 0 Å². The first-order chi connectivity index (χ1) is 15.5. The van der Waals surface area contributed by atoms with Crippen LogP contribution in [0.5, 0.6) is 0 Å². The second-order valence-corrected chi connectivity index (χ2v) is 15.6. The summed E-state index contributed by atoms with van der Waals surface area (Å²) in [5.41, 5.74) is 0.404. The number of hydrogen-bond donors (Lipinski definition) is 2. The standard InChI is InChI=1S/C30H44O2Si/c1-24(14-13-23-31)30(6)22-20-25(29(30,4)5)19-21-28(2,3)33(32,26-15-9-7-10-16-26)27-17-11-8-12-18-27/h7-18,24-25,31-32H,19-23H2,1-6H3/b14-13+/t24-,25+,30+/m0/s1. The normalized spacial score (nSPS) is 24.3. The summed E-state index contributed by atoms with van der Waals surface area (Å²) in [6, 6.07) is 20.8. The molecule has 3 atom stereocenters. The monoisotopic (exact) mass is 464 g/mol. The van der Waals surface area contributed by atoms with E-state index in [0.29, 0.717) is 11.8 Å². The number of rotatable bonds is 9. The topological polar surface area (TPSA) is 40.5 Å². The van der Waals surface area contributed by atoms with Crippen LogP contribution < -0.4 is 10.4 Å². The zero-order valence-electron chi connectivity index (χ0n) is 21.5. The molecule has 0 amide bonds. The first-order valence-corrected chi connectivity index (χ1v) is 14.6. The molecule has 3 heteroatoms. The molecular weight excluding hydrogens is 420 g/mol. The third-order valence-electron chi connectivity index (χ3n) is 9.52. The van der Waals surface area contributed by atoms with E-state index in [1.54, 1.807) is 0 Å². The molecule has 0 heterocycles. The Bertz CT molecular complexity index is 879.